The molecule has 1 fully saturated rings. The van der Waals surface area contributed by atoms with E-state index in [4.69, 9.17) is 22.1 Å². The highest BCUT2D eigenvalue weighted by Crippen LogP contribution is 2.21. The van der Waals surface area contributed by atoms with Crippen molar-refractivity contribution >= 4 is 23.4 Å². The number of nitrogens with zero attached hydrogens (tertiary/aromatic N) is 3. The summed E-state index contributed by atoms with van der Waals surface area (Å²) in [5, 5.41) is 0.370. The summed E-state index contributed by atoms with van der Waals surface area (Å²) >= 11 is 5.85. The lowest BCUT2D eigenvalue weighted by Gasteiger charge is -2.36. The molecule has 2 N–H and O–H groups in total. The van der Waals surface area contributed by atoms with Crippen molar-refractivity contribution in [2.75, 3.05) is 23.7 Å². The smallest absolute Gasteiger partial charge is 0.223 e. The average Bonchev–Trinajstić information content (AvgIpc) is 2.14. The van der Waals surface area contributed by atoms with E-state index in [1.54, 1.807) is 6.07 Å². The zero-order valence-corrected chi connectivity index (χ0v) is 10.1. The molecule has 5 nitrogen and oxygen atoms in total. The van der Waals surface area contributed by atoms with E-state index in [1.165, 1.54) is 0 Å². The lowest BCUT2D eigenvalue weighted by atomic mass is 10.2. The van der Waals surface area contributed by atoms with E-state index in [-0.39, 0.29) is 18.2 Å². The fourth-order valence-electron chi connectivity index (χ4n) is 1.95. The monoisotopic (exact) mass is 242 g/mol. The van der Waals surface area contributed by atoms with Crippen LogP contribution >= 0.6 is 11.6 Å². The summed E-state index contributed by atoms with van der Waals surface area (Å²) in [4.78, 5) is 10.1. The van der Waals surface area contributed by atoms with Gasteiger partial charge in [0.25, 0.3) is 0 Å². The van der Waals surface area contributed by atoms with Crippen LogP contribution in [0.25, 0.3) is 0 Å². The highest BCUT2D eigenvalue weighted by molar-refractivity contribution is 6.29. The predicted molar refractivity (Wildman–Crippen MR) is 63.7 cm³/mol. The maximum Gasteiger partial charge on any atom is 0.223 e. The average molecular weight is 243 g/mol. The number of nitrogen functional groups attached to an aromatic ring is 1. The van der Waals surface area contributed by atoms with Gasteiger partial charge in [-0.05, 0) is 13.8 Å². The van der Waals surface area contributed by atoms with Crippen LogP contribution in [0.15, 0.2) is 6.07 Å². The molecule has 0 amide bonds. The van der Waals surface area contributed by atoms with Crippen molar-refractivity contribution in [3.05, 3.63) is 11.2 Å². The van der Waals surface area contributed by atoms with Crippen LogP contribution in [0.4, 0.5) is 11.8 Å². The van der Waals surface area contributed by atoms with Crippen molar-refractivity contribution < 1.29 is 4.74 Å². The van der Waals surface area contributed by atoms with Gasteiger partial charge in [0, 0.05) is 19.2 Å². The van der Waals surface area contributed by atoms with Crippen LogP contribution < -0.4 is 10.6 Å². The molecule has 1 aromatic rings. The van der Waals surface area contributed by atoms with Gasteiger partial charge in [-0.2, -0.15) is 4.98 Å². The first-order valence-electron chi connectivity index (χ1n) is 5.25. The zero-order chi connectivity index (χ0) is 11.7. The summed E-state index contributed by atoms with van der Waals surface area (Å²) in [6.07, 6.45) is 0.359. The molecule has 0 saturated carbocycles. The molecule has 16 heavy (non-hydrogen) atoms. The first kappa shape index (κ1) is 11.4. The second kappa shape index (κ2) is 4.43. The van der Waals surface area contributed by atoms with Gasteiger partial charge in [0.2, 0.25) is 5.95 Å². The SMILES string of the molecule is CC1CN(c2cc(Cl)nc(N)n2)CC(C)O1. The van der Waals surface area contributed by atoms with Gasteiger partial charge in [0.15, 0.2) is 0 Å². The van der Waals surface area contributed by atoms with Gasteiger partial charge in [0.1, 0.15) is 11.0 Å². The number of halogens is 1. The Morgan fingerprint density at radius 1 is 1.38 bits per heavy atom. The molecular formula is C10H15ClN4O. The Hall–Kier alpha value is -1.07. The molecule has 0 aliphatic carbocycles. The molecule has 2 rings (SSSR count). The standard InChI is InChI=1S/C10H15ClN4O/c1-6-4-15(5-7(2)16-6)9-3-8(11)13-10(12)14-9/h3,6-7H,4-5H2,1-2H3,(H2,12,13,14). The second-order valence-electron chi connectivity index (χ2n) is 4.07. The number of hydrogen-bond donors (Lipinski definition) is 1. The summed E-state index contributed by atoms with van der Waals surface area (Å²) in [6.45, 7) is 5.65. The third-order valence-electron chi connectivity index (χ3n) is 2.44. The Bertz CT molecular complexity index is 357. The van der Waals surface area contributed by atoms with Crippen molar-refractivity contribution in [3.8, 4) is 0 Å². The van der Waals surface area contributed by atoms with Crippen LogP contribution in [0.5, 0.6) is 0 Å². The van der Waals surface area contributed by atoms with Crippen LogP contribution in [0, 0.1) is 0 Å². The molecule has 0 aromatic carbocycles. The minimum atomic E-state index is 0.179. The lowest BCUT2D eigenvalue weighted by Crippen LogP contribution is -2.45. The Labute approximate surface area is 99.6 Å². The first-order chi connectivity index (χ1) is 7.54. The van der Waals surface area contributed by atoms with Crippen LogP contribution in [-0.4, -0.2) is 35.3 Å². The molecule has 88 valence electrons. The summed E-state index contributed by atoms with van der Waals surface area (Å²) in [7, 11) is 0. The van der Waals surface area contributed by atoms with Crippen molar-refractivity contribution in [1.29, 1.82) is 0 Å². The van der Waals surface area contributed by atoms with E-state index in [0.29, 0.717) is 5.15 Å². The van der Waals surface area contributed by atoms with E-state index < -0.39 is 0 Å². The van der Waals surface area contributed by atoms with Crippen molar-refractivity contribution in [1.82, 2.24) is 9.97 Å². The van der Waals surface area contributed by atoms with Gasteiger partial charge in [-0.1, -0.05) is 11.6 Å². The number of ether oxygens (including phenoxy) is 1. The number of hydrogen-bond acceptors (Lipinski definition) is 5. The van der Waals surface area contributed by atoms with Gasteiger partial charge in [-0.15, -0.1) is 0 Å². The van der Waals surface area contributed by atoms with Crippen molar-refractivity contribution in [3.63, 3.8) is 0 Å². The third kappa shape index (κ3) is 2.54. The molecule has 2 unspecified atom stereocenters. The highest BCUT2D eigenvalue weighted by Gasteiger charge is 2.23. The molecular weight excluding hydrogens is 228 g/mol. The highest BCUT2D eigenvalue weighted by atomic mass is 35.5. The van der Waals surface area contributed by atoms with Gasteiger partial charge in [0.05, 0.1) is 12.2 Å². The Balaban J connectivity index is 2.22. The van der Waals surface area contributed by atoms with Crippen LogP contribution in [0.3, 0.4) is 0 Å². The number of anilines is 2. The van der Waals surface area contributed by atoms with Gasteiger partial charge >= 0.3 is 0 Å². The van der Waals surface area contributed by atoms with Crippen LogP contribution in [-0.2, 0) is 4.74 Å². The van der Waals surface area contributed by atoms with Crippen LogP contribution in [0.1, 0.15) is 13.8 Å². The van der Waals surface area contributed by atoms with Gasteiger partial charge in [-0.25, -0.2) is 4.98 Å². The molecule has 0 spiro atoms. The Morgan fingerprint density at radius 3 is 2.56 bits per heavy atom. The van der Waals surface area contributed by atoms with E-state index in [0.717, 1.165) is 18.9 Å². The van der Waals surface area contributed by atoms with Crippen molar-refractivity contribution in [2.24, 2.45) is 0 Å². The number of rotatable bonds is 1. The first-order valence-corrected chi connectivity index (χ1v) is 5.63. The number of nitrogens with two attached hydrogens (primary N) is 1. The number of morpholine rings is 1. The second-order valence-corrected chi connectivity index (χ2v) is 4.46. The summed E-state index contributed by atoms with van der Waals surface area (Å²) in [6, 6.07) is 1.72. The molecule has 1 saturated heterocycles. The third-order valence-corrected chi connectivity index (χ3v) is 2.64. The normalized spacial score (nSPS) is 25.8. The van der Waals surface area contributed by atoms with Crippen molar-refractivity contribution in [2.45, 2.75) is 26.1 Å². The molecule has 2 heterocycles. The van der Waals surface area contributed by atoms with Gasteiger partial charge < -0.3 is 15.4 Å². The molecule has 1 aromatic heterocycles. The Kier molecular flexibility index (Phi) is 3.16. The molecule has 6 heteroatoms. The van der Waals surface area contributed by atoms with Gasteiger partial charge in [-0.3, -0.25) is 0 Å². The molecule has 1 aliphatic heterocycles. The van der Waals surface area contributed by atoms with E-state index >= 15 is 0 Å². The van der Waals surface area contributed by atoms with E-state index in [1.807, 2.05) is 13.8 Å². The quantitative estimate of drug-likeness (QED) is 0.753. The summed E-state index contributed by atoms with van der Waals surface area (Å²) < 4.78 is 5.65. The minimum Gasteiger partial charge on any atom is -0.372 e. The molecule has 1 aliphatic rings. The molecule has 0 bridgehead atoms. The maximum atomic E-state index is 5.85. The maximum absolute atomic E-state index is 5.85. The lowest BCUT2D eigenvalue weighted by molar-refractivity contribution is -0.00545. The van der Waals surface area contributed by atoms with E-state index in [9.17, 15) is 0 Å². The molecule has 2 atom stereocenters. The fraction of sp³-hybridized carbons (Fsp3) is 0.600. The zero-order valence-electron chi connectivity index (χ0n) is 9.35. The summed E-state index contributed by atoms with van der Waals surface area (Å²) in [5.41, 5.74) is 5.57. The predicted octanol–water partition coefficient (Wildman–Crippen LogP) is 1.33. The molecule has 0 radical (unpaired) electrons. The number of aromatic nitrogens is 2. The largest absolute Gasteiger partial charge is 0.372 e. The minimum absolute atomic E-state index is 0.179. The summed E-state index contributed by atoms with van der Waals surface area (Å²) in [5.74, 6) is 0.966. The van der Waals surface area contributed by atoms with E-state index in [2.05, 4.69) is 14.9 Å². The van der Waals surface area contributed by atoms with Crippen LogP contribution in [0.2, 0.25) is 5.15 Å². The topological polar surface area (TPSA) is 64.3 Å². The fourth-order valence-corrected chi connectivity index (χ4v) is 2.13. The Morgan fingerprint density at radius 2 is 2.00 bits per heavy atom.